The average Bonchev–Trinajstić information content (AvgIpc) is 2.69. The highest BCUT2D eigenvalue weighted by Gasteiger charge is 2.39. The van der Waals surface area contributed by atoms with Crippen molar-refractivity contribution in [1.29, 1.82) is 0 Å². The number of carbonyl (C=O) groups is 2. The zero-order valence-corrected chi connectivity index (χ0v) is 12.9. The van der Waals surface area contributed by atoms with Gasteiger partial charge in [0.1, 0.15) is 6.04 Å². The lowest BCUT2D eigenvalue weighted by atomic mass is 10.1. The van der Waals surface area contributed by atoms with Crippen LogP contribution in [-0.4, -0.2) is 45.7 Å². The summed E-state index contributed by atoms with van der Waals surface area (Å²) in [6.07, 6.45) is -0.725. The lowest BCUT2D eigenvalue weighted by molar-refractivity contribution is -0.141. The van der Waals surface area contributed by atoms with Crippen molar-refractivity contribution < 1.29 is 19.8 Å². The van der Waals surface area contributed by atoms with Crippen LogP contribution in [0.4, 0.5) is 0 Å². The monoisotopic (exact) mass is 391 g/mol. The summed E-state index contributed by atoms with van der Waals surface area (Å²) in [5.74, 6) is -1.50. The van der Waals surface area contributed by atoms with E-state index in [-0.39, 0.29) is 13.0 Å². The first-order chi connectivity index (χ1) is 8.88. The summed E-state index contributed by atoms with van der Waals surface area (Å²) in [6, 6.07) is 4.05. The van der Waals surface area contributed by atoms with E-state index in [4.69, 9.17) is 5.11 Å². The van der Waals surface area contributed by atoms with E-state index in [1.54, 1.807) is 18.2 Å². The molecule has 0 radical (unpaired) electrons. The summed E-state index contributed by atoms with van der Waals surface area (Å²) in [5, 5.41) is 18.6. The quantitative estimate of drug-likeness (QED) is 0.805. The van der Waals surface area contributed by atoms with E-state index in [9.17, 15) is 14.7 Å². The van der Waals surface area contributed by atoms with Crippen molar-refractivity contribution in [3.8, 4) is 0 Å². The fourth-order valence-electron chi connectivity index (χ4n) is 2.12. The van der Waals surface area contributed by atoms with Crippen molar-refractivity contribution in [2.45, 2.75) is 18.6 Å². The molecule has 1 aromatic carbocycles. The number of hydrogen-bond donors (Lipinski definition) is 2. The minimum Gasteiger partial charge on any atom is -0.480 e. The molecule has 102 valence electrons. The number of hydrogen-bond acceptors (Lipinski definition) is 3. The van der Waals surface area contributed by atoms with Gasteiger partial charge in [0, 0.05) is 27.5 Å². The molecule has 1 unspecified atom stereocenters. The highest BCUT2D eigenvalue weighted by molar-refractivity contribution is 9.11. The first kappa shape index (κ1) is 14.5. The number of carbonyl (C=O) groups excluding carboxylic acids is 1. The number of β-amino-alcohol motifs (C(OH)–C–C–N with tert-alkyl or cyclic N) is 1. The van der Waals surface area contributed by atoms with E-state index in [0.717, 1.165) is 8.95 Å². The van der Waals surface area contributed by atoms with Gasteiger partial charge in [0.15, 0.2) is 0 Å². The Kier molecular flexibility index (Phi) is 4.27. The molecule has 1 aliphatic rings. The Labute approximate surface area is 126 Å². The number of aliphatic hydroxyl groups is 1. The molecule has 1 saturated heterocycles. The second-order valence-electron chi connectivity index (χ2n) is 4.36. The predicted molar refractivity (Wildman–Crippen MR) is 74.9 cm³/mol. The normalized spacial score (nSPS) is 22.6. The molecule has 0 saturated carbocycles. The second-order valence-corrected chi connectivity index (χ2v) is 6.19. The molecule has 1 aliphatic heterocycles. The van der Waals surface area contributed by atoms with Crippen LogP contribution in [0.5, 0.6) is 0 Å². The molecule has 5 nitrogen and oxygen atoms in total. The lowest BCUT2D eigenvalue weighted by Gasteiger charge is -2.21. The fraction of sp³-hybridized carbons (Fsp3) is 0.333. The molecule has 0 bridgehead atoms. The van der Waals surface area contributed by atoms with E-state index >= 15 is 0 Å². The molecular formula is C12H11Br2NO4. The third-order valence-corrected chi connectivity index (χ3v) is 3.85. The summed E-state index contributed by atoms with van der Waals surface area (Å²) in [6.45, 7) is 0.0416. The standard InChI is InChI=1S/C12H11Br2NO4/c13-7-1-6(2-8(14)3-7)11(17)15-5-9(16)4-10(15)12(18)19/h1-3,9-10,16H,4-5H2,(H,18,19)/t9?,10-/m0/s1. The molecule has 0 spiro atoms. The number of amides is 1. The number of aliphatic hydroxyl groups excluding tert-OH is 1. The van der Waals surface area contributed by atoms with Crippen LogP contribution in [0.1, 0.15) is 16.8 Å². The molecule has 0 aromatic heterocycles. The summed E-state index contributed by atoms with van der Waals surface area (Å²) in [7, 11) is 0. The SMILES string of the molecule is O=C(O)[C@@H]1CC(O)CN1C(=O)c1cc(Br)cc(Br)c1. The lowest BCUT2D eigenvalue weighted by Crippen LogP contribution is -2.40. The van der Waals surface area contributed by atoms with Gasteiger partial charge in [-0.05, 0) is 18.2 Å². The van der Waals surface area contributed by atoms with E-state index in [2.05, 4.69) is 31.9 Å². The van der Waals surface area contributed by atoms with Gasteiger partial charge in [-0.3, -0.25) is 4.79 Å². The Hall–Kier alpha value is -0.920. The van der Waals surface area contributed by atoms with Crippen molar-refractivity contribution >= 4 is 43.7 Å². The van der Waals surface area contributed by atoms with Crippen LogP contribution >= 0.6 is 31.9 Å². The van der Waals surface area contributed by atoms with E-state index in [1.165, 1.54) is 4.90 Å². The molecule has 1 amide bonds. The first-order valence-corrected chi connectivity index (χ1v) is 7.15. The van der Waals surface area contributed by atoms with E-state index in [0.29, 0.717) is 5.56 Å². The van der Waals surface area contributed by atoms with Crippen molar-refractivity contribution in [2.75, 3.05) is 6.54 Å². The van der Waals surface area contributed by atoms with Crippen LogP contribution in [-0.2, 0) is 4.79 Å². The molecular weight excluding hydrogens is 382 g/mol. The number of benzene rings is 1. The maximum atomic E-state index is 12.3. The van der Waals surface area contributed by atoms with Crippen molar-refractivity contribution in [1.82, 2.24) is 4.90 Å². The van der Waals surface area contributed by atoms with E-state index < -0.39 is 24.0 Å². The zero-order chi connectivity index (χ0) is 14.2. The fourth-order valence-corrected chi connectivity index (χ4v) is 3.41. The highest BCUT2D eigenvalue weighted by Crippen LogP contribution is 2.25. The van der Waals surface area contributed by atoms with Gasteiger partial charge in [0.25, 0.3) is 5.91 Å². The third kappa shape index (κ3) is 3.16. The van der Waals surface area contributed by atoms with Crippen LogP contribution in [0.3, 0.4) is 0 Å². The number of rotatable bonds is 2. The molecule has 19 heavy (non-hydrogen) atoms. The van der Waals surface area contributed by atoms with Gasteiger partial charge in [0.05, 0.1) is 6.10 Å². The number of nitrogens with zero attached hydrogens (tertiary/aromatic N) is 1. The Bertz CT molecular complexity index is 514. The van der Waals surface area contributed by atoms with Crippen LogP contribution < -0.4 is 0 Å². The van der Waals surface area contributed by atoms with Crippen LogP contribution in [0, 0.1) is 0 Å². The molecule has 2 rings (SSSR count). The van der Waals surface area contributed by atoms with Gasteiger partial charge in [-0.2, -0.15) is 0 Å². The molecule has 1 heterocycles. The molecule has 1 fully saturated rings. The molecule has 2 atom stereocenters. The van der Waals surface area contributed by atoms with Crippen molar-refractivity contribution in [3.63, 3.8) is 0 Å². The first-order valence-electron chi connectivity index (χ1n) is 5.56. The zero-order valence-electron chi connectivity index (χ0n) is 9.72. The van der Waals surface area contributed by atoms with Gasteiger partial charge in [0.2, 0.25) is 0 Å². The summed E-state index contributed by atoms with van der Waals surface area (Å²) < 4.78 is 1.44. The number of aliphatic carboxylic acids is 1. The van der Waals surface area contributed by atoms with Crippen molar-refractivity contribution in [3.05, 3.63) is 32.7 Å². The van der Waals surface area contributed by atoms with Crippen LogP contribution in [0.15, 0.2) is 27.1 Å². The van der Waals surface area contributed by atoms with Crippen molar-refractivity contribution in [2.24, 2.45) is 0 Å². The van der Waals surface area contributed by atoms with Gasteiger partial charge in [-0.25, -0.2) is 4.79 Å². The van der Waals surface area contributed by atoms with Gasteiger partial charge < -0.3 is 15.1 Å². The third-order valence-electron chi connectivity index (χ3n) is 2.93. The highest BCUT2D eigenvalue weighted by atomic mass is 79.9. The minimum atomic E-state index is -1.10. The average molecular weight is 393 g/mol. The molecule has 0 aliphatic carbocycles. The molecule has 2 N–H and O–H groups in total. The summed E-state index contributed by atoms with van der Waals surface area (Å²) in [5.41, 5.74) is 0.376. The summed E-state index contributed by atoms with van der Waals surface area (Å²) in [4.78, 5) is 24.6. The Balaban J connectivity index is 2.30. The van der Waals surface area contributed by atoms with Gasteiger partial charge >= 0.3 is 5.97 Å². The number of likely N-dealkylation sites (tertiary alicyclic amines) is 1. The van der Waals surface area contributed by atoms with E-state index in [1.807, 2.05) is 0 Å². The topological polar surface area (TPSA) is 77.8 Å². The molecule has 1 aromatic rings. The number of carboxylic acid groups (broad SMARTS) is 1. The predicted octanol–water partition coefficient (Wildman–Crippen LogP) is 1.87. The Morgan fingerprint density at radius 3 is 2.32 bits per heavy atom. The summed E-state index contributed by atoms with van der Waals surface area (Å²) >= 11 is 6.56. The van der Waals surface area contributed by atoms with Gasteiger partial charge in [-0.1, -0.05) is 31.9 Å². The Morgan fingerprint density at radius 1 is 1.21 bits per heavy atom. The maximum Gasteiger partial charge on any atom is 0.326 e. The largest absolute Gasteiger partial charge is 0.480 e. The smallest absolute Gasteiger partial charge is 0.326 e. The maximum absolute atomic E-state index is 12.3. The van der Waals surface area contributed by atoms with Crippen LogP contribution in [0.2, 0.25) is 0 Å². The second kappa shape index (κ2) is 5.60. The number of carboxylic acids is 1. The van der Waals surface area contributed by atoms with Crippen LogP contribution in [0.25, 0.3) is 0 Å². The number of halogens is 2. The van der Waals surface area contributed by atoms with Gasteiger partial charge in [-0.15, -0.1) is 0 Å². The Morgan fingerprint density at radius 2 is 1.79 bits per heavy atom. The minimum absolute atomic E-state index is 0.0416. The molecule has 7 heteroatoms.